The standard InChI is InChI=1S/C11H11NO2/c1-8(14)12-6-9(7-13)10-4-2-3-5-11(10)12/h2-5,7,9H,6H2,1H3/t9-/m1/s1. The van der Waals surface area contributed by atoms with Crippen LogP contribution in [0.1, 0.15) is 18.4 Å². The molecule has 0 bridgehead atoms. The van der Waals surface area contributed by atoms with Crippen LogP contribution in [0.15, 0.2) is 24.3 Å². The van der Waals surface area contributed by atoms with Crippen molar-refractivity contribution in [3.05, 3.63) is 29.8 Å². The maximum atomic E-state index is 11.3. The first-order chi connectivity index (χ1) is 6.74. The molecule has 1 aromatic carbocycles. The Morgan fingerprint density at radius 1 is 1.50 bits per heavy atom. The van der Waals surface area contributed by atoms with Gasteiger partial charge in [0.25, 0.3) is 0 Å². The van der Waals surface area contributed by atoms with Gasteiger partial charge in [0.15, 0.2) is 0 Å². The van der Waals surface area contributed by atoms with Gasteiger partial charge < -0.3 is 9.69 Å². The number of rotatable bonds is 1. The van der Waals surface area contributed by atoms with E-state index in [1.54, 1.807) is 4.90 Å². The first kappa shape index (κ1) is 8.94. The summed E-state index contributed by atoms with van der Waals surface area (Å²) in [5, 5.41) is 0. The van der Waals surface area contributed by atoms with Gasteiger partial charge in [-0.1, -0.05) is 18.2 Å². The van der Waals surface area contributed by atoms with Gasteiger partial charge in [-0.3, -0.25) is 4.79 Å². The molecular weight excluding hydrogens is 178 g/mol. The summed E-state index contributed by atoms with van der Waals surface area (Å²) in [6.07, 6.45) is 0.905. The molecule has 1 heterocycles. The number of hydrogen-bond acceptors (Lipinski definition) is 2. The van der Waals surface area contributed by atoms with Crippen LogP contribution < -0.4 is 4.90 Å². The van der Waals surface area contributed by atoms with Crippen molar-refractivity contribution in [3.8, 4) is 0 Å². The summed E-state index contributed by atoms with van der Waals surface area (Å²) in [4.78, 5) is 23.7. The van der Waals surface area contributed by atoms with Crippen molar-refractivity contribution >= 4 is 17.9 Å². The Morgan fingerprint density at radius 2 is 2.21 bits per heavy atom. The minimum atomic E-state index is -0.157. The van der Waals surface area contributed by atoms with E-state index in [1.807, 2.05) is 24.3 Å². The van der Waals surface area contributed by atoms with Crippen LogP contribution in [0.25, 0.3) is 0 Å². The Bertz CT molecular complexity index is 387. The summed E-state index contributed by atoms with van der Waals surface area (Å²) >= 11 is 0. The van der Waals surface area contributed by atoms with Gasteiger partial charge >= 0.3 is 0 Å². The topological polar surface area (TPSA) is 37.4 Å². The molecule has 1 aliphatic heterocycles. The Morgan fingerprint density at radius 3 is 2.86 bits per heavy atom. The quantitative estimate of drug-likeness (QED) is 0.625. The number of fused-ring (bicyclic) bond motifs is 1. The fourth-order valence-electron chi connectivity index (χ4n) is 1.85. The number of amides is 1. The second-order valence-electron chi connectivity index (χ2n) is 3.43. The van der Waals surface area contributed by atoms with Crippen molar-refractivity contribution in [3.63, 3.8) is 0 Å². The third kappa shape index (κ3) is 1.21. The molecule has 1 aliphatic rings. The highest BCUT2D eigenvalue weighted by atomic mass is 16.2. The van der Waals surface area contributed by atoms with Gasteiger partial charge in [-0.15, -0.1) is 0 Å². The highest BCUT2D eigenvalue weighted by Crippen LogP contribution is 2.34. The fourth-order valence-corrected chi connectivity index (χ4v) is 1.85. The van der Waals surface area contributed by atoms with Gasteiger partial charge in [0.1, 0.15) is 6.29 Å². The molecule has 0 radical (unpaired) electrons. The SMILES string of the molecule is CC(=O)N1C[C@H](C=O)c2ccccc21. The van der Waals surface area contributed by atoms with Crippen LogP contribution in [-0.4, -0.2) is 18.7 Å². The predicted octanol–water partition coefficient (Wildman–Crippen LogP) is 1.34. The number of carbonyl (C=O) groups is 2. The second kappa shape index (κ2) is 3.25. The van der Waals surface area contributed by atoms with Crippen LogP contribution >= 0.6 is 0 Å². The molecule has 3 heteroatoms. The number of nitrogens with zero attached hydrogens (tertiary/aromatic N) is 1. The van der Waals surface area contributed by atoms with Crippen LogP contribution in [0.5, 0.6) is 0 Å². The lowest BCUT2D eigenvalue weighted by Crippen LogP contribution is -2.27. The van der Waals surface area contributed by atoms with Gasteiger partial charge in [0.2, 0.25) is 5.91 Å². The minimum Gasteiger partial charge on any atom is -0.311 e. The highest BCUT2D eigenvalue weighted by Gasteiger charge is 2.29. The van der Waals surface area contributed by atoms with Crippen LogP contribution in [-0.2, 0) is 9.59 Å². The van der Waals surface area contributed by atoms with Crippen molar-refractivity contribution in [2.24, 2.45) is 0 Å². The number of aldehydes is 1. The lowest BCUT2D eigenvalue weighted by molar-refractivity contribution is -0.116. The van der Waals surface area contributed by atoms with Crippen molar-refractivity contribution in [2.75, 3.05) is 11.4 Å². The molecule has 14 heavy (non-hydrogen) atoms. The lowest BCUT2D eigenvalue weighted by Gasteiger charge is -2.13. The number of anilines is 1. The van der Waals surface area contributed by atoms with Gasteiger partial charge in [-0.2, -0.15) is 0 Å². The maximum Gasteiger partial charge on any atom is 0.223 e. The van der Waals surface area contributed by atoms with E-state index in [-0.39, 0.29) is 11.8 Å². The number of benzene rings is 1. The van der Waals surface area contributed by atoms with E-state index in [9.17, 15) is 9.59 Å². The Labute approximate surface area is 82.3 Å². The van der Waals surface area contributed by atoms with Crippen molar-refractivity contribution in [2.45, 2.75) is 12.8 Å². The largest absolute Gasteiger partial charge is 0.311 e. The Kier molecular flexibility index (Phi) is 2.08. The number of para-hydroxylation sites is 1. The van der Waals surface area contributed by atoms with Crippen LogP contribution in [0.2, 0.25) is 0 Å². The molecule has 3 nitrogen and oxygen atoms in total. The zero-order chi connectivity index (χ0) is 10.1. The van der Waals surface area contributed by atoms with Crippen LogP contribution in [0.3, 0.4) is 0 Å². The zero-order valence-electron chi connectivity index (χ0n) is 7.93. The molecule has 1 aromatic rings. The van der Waals surface area contributed by atoms with E-state index < -0.39 is 0 Å². The van der Waals surface area contributed by atoms with Gasteiger partial charge in [-0.25, -0.2) is 0 Å². The molecule has 0 unspecified atom stereocenters. The smallest absolute Gasteiger partial charge is 0.223 e. The summed E-state index contributed by atoms with van der Waals surface area (Å²) in [7, 11) is 0. The van der Waals surface area contributed by atoms with Crippen molar-refractivity contribution in [1.29, 1.82) is 0 Å². The summed E-state index contributed by atoms with van der Waals surface area (Å²) in [5.74, 6) is -0.170. The van der Waals surface area contributed by atoms with Gasteiger partial charge in [-0.05, 0) is 11.6 Å². The summed E-state index contributed by atoms with van der Waals surface area (Å²) in [6, 6.07) is 7.54. The first-order valence-electron chi connectivity index (χ1n) is 4.56. The summed E-state index contributed by atoms with van der Waals surface area (Å²) in [6.45, 7) is 2.00. The molecule has 1 amide bonds. The van der Waals surface area contributed by atoms with E-state index in [0.717, 1.165) is 17.5 Å². The summed E-state index contributed by atoms with van der Waals surface area (Å²) < 4.78 is 0. The fraction of sp³-hybridized carbons (Fsp3) is 0.273. The van der Waals surface area contributed by atoms with Crippen molar-refractivity contribution in [1.82, 2.24) is 0 Å². The number of hydrogen-bond donors (Lipinski definition) is 0. The normalized spacial score (nSPS) is 19.2. The Balaban J connectivity index is 2.48. The lowest BCUT2D eigenvalue weighted by atomic mass is 10.0. The van der Waals surface area contributed by atoms with Gasteiger partial charge in [0.05, 0.1) is 5.92 Å². The molecule has 1 atom stereocenters. The van der Waals surface area contributed by atoms with E-state index in [4.69, 9.17) is 0 Å². The third-order valence-corrected chi connectivity index (χ3v) is 2.55. The van der Waals surface area contributed by atoms with E-state index in [2.05, 4.69) is 0 Å². The molecule has 0 saturated heterocycles. The van der Waals surface area contributed by atoms with Crippen molar-refractivity contribution < 1.29 is 9.59 Å². The van der Waals surface area contributed by atoms with Crippen LogP contribution in [0, 0.1) is 0 Å². The molecular formula is C11H11NO2. The minimum absolute atomic E-state index is 0.0122. The molecule has 2 rings (SSSR count). The monoisotopic (exact) mass is 189 g/mol. The second-order valence-corrected chi connectivity index (χ2v) is 3.43. The average Bonchev–Trinajstić information content (AvgIpc) is 2.56. The van der Waals surface area contributed by atoms with E-state index >= 15 is 0 Å². The molecule has 0 fully saturated rings. The molecule has 72 valence electrons. The number of carbonyl (C=O) groups excluding carboxylic acids is 2. The van der Waals surface area contributed by atoms with E-state index in [1.165, 1.54) is 6.92 Å². The molecule has 0 saturated carbocycles. The Hall–Kier alpha value is -1.64. The van der Waals surface area contributed by atoms with Gasteiger partial charge in [0, 0.05) is 19.2 Å². The van der Waals surface area contributed by atoms with Crippen LogP contribution in [0.4, 0.5) is 5.69 Å². The first-order valence-corrected chi connectivity index (χ1v) is 4.56. The zero-order valence-corrected chi connectivity index (χ0v) is 7.93. The predicted molar refractivity (Wildman–Crippen MR) is 53.3 cm³/mol. The average molecular weight is 189 g/mol. The molecule has 0 aliphatic carbocycles. The van der Waals surface area contributed by atoms with E-state index in [0.29, 0.717) is 6.54 Å². The maximum absolute atomic E-state index is 11.3. The highest BCUT2D eigenvalue weighted by molar-refractivity contribution is 5.96. The molecule has 0 N–H and O–H groups in total. The third-order valence-electron chi connectivity index (χ3n) is 2.55. The molecule has 0 aromatic heterocycles. The summed E-state index contributed by atoms with van der Waals surface area (Å²) in [5.41, 5.74) is 1.83. The molecule has 0 spiro atoms.